The van der Waals surface area contributed by atoms with E-state index < -0.39 is 26.5 Å². The van der Waals surface area contributed by atoms with Crippen LogP contribution in [0.2, 0.25) is 0 Å². The predicted molar refractivity (Wildman–Crippen MR) is 298 cm³/mol. The molecule has 0 saturated heterocycles. The highest BCUT2D eigenvalue weighted by Gasteiger charge is 2.26. The molecule has 70 heavy (non-hydrogen) atoms. The summed E-state index contributed by atoms with van der Waals surface area (Å²) >= 11 is 0. The van der Waals surface area contributed by atoms with Crippen LogP contribution in [-0.2, 0) is 32.7 Å². The molecule has 0 radical (unpaired) electrons. The largest absolute Gasteiger partial charge is 0.472 e. The van der Waals surface area contributed by atoms with E-state index in [1.54, 1.807) is 0 Å². The minimum absolute atomic E-state index is 0.0549. The Morgan fingerprint density at radius 1 is 0.443 bits per heavy atom. The number of nitrogens with two attached hydrogens (primary N) is 1. The van der Waals surface area contributed by atoms with Crippen molar-refractivity contribution >= 4 is 19.8 Å². The minimum Gasteiger partial charge on any atom is -0.462 e. The monoisotopic (exact) mass is 1010 g/mol. The molecule has 0 aliphatic heterocycles. The first-order chi connectivity index (χ1) is 34.3. The fraction of sp³-hybridized carbons (Fsp3) is 0.833. The highest BCUT2D eigenvalue weighted by Crippen LogP contribution is 2.43. The van der Waals surface area contributed by atoms with Gasteiger partial charge in [0.05, 0.1) is 13.2 Å². The summed E-state index contributed by atoms with van der Waals surface area (Å²) in [5, 5.41) is 0. The zero-order chi connectivity index (χ0) is 51.0. The van der Waals surface area contributed by atoms with Gasteiger partial charge in [-0.05, 0) is 51.4 Å². The van der Waals surface area contributed by atoms with Crippen molar-refractivity contribution in [3.8, 4) is 0 Å². The molecule has 0 aliphatic rings. The fourth-order valence-corrected chi connectivity index (χ4v) is 9.40. The first-order valence-electron chi connectivity index (χ1n) is 29.6. The molecular weight excluding hydrogens is 894 g/mol. The Morgan fingerprint density at radius 3 is 1.17 bits per heavy atom. The van der Waals surface area contributed by atoms with Gasteiger partial charge < -0.3 is 20.1 Å². The molecule has 10 heteroatoms. The highest BCUT2D eigenvalue weighted by atomic mass is 31.2. The molecule has 0 heterocycles. The smallest absolute Gasteiger partial charge is 0.462 e. The summed E-state index contributed by atoms with van der Waals surface area (Å²) in [4.78, 5) is 35.2. The van der Waals surface area contributed by atoms with Crippen molar-refractivity contribution in [2.75, 3.05) is 26.4 Å². The lowest BCUT2D eigenvalue weighted by Gasteiger charge is -2.19. The van der Waals surface area contributed by atoms with Gasteiger partial charge in [-0.2, -0.15) is 0 Å². The van der Waals surface area contributed by atoms with E-state index in [2.05, 4.69) is 62.5 Å². The average molecular weight is 1010 g/mol. The molecule has 0 aromatic carbocycles. The predicted octanol–water partition coefficient (Wildman–Crippen LogP) is 18.6. The third-order valence-electron chi connectivity index (χ3n) is 13.0. The minimum atomic E-state index is -4.39. The van der Waals surface area contributed by atoms with Crippen molar-refractivity contribution in [2.45, 2.75) is 296 Å². The van der Waals surface area contributed by atoms with Crippen LogP contribution in [0.3, 0.4) is 0 Å². The van der Waals surface area contributed by atoms with Gasteiger partial charge in [-0.1, -0.05) is 274 Å². The van der Waals surface area contributed by atoms with Crippen LogP contribution in [0.4, 0.5) is 0 Å². The summed E-state index contributed by atoms with van der Waals surface area (Å²) in [6, 6.07) is 0. The van der Waals surface area contributed by atoms with Gasteiger partial charge in [0.2, 0.25) is 0 Å². The van der Waals surface area contributed by atoms with Gasteiger partial charge in [-0.25, -0.2) is 4.57 Å². The molecule has 0 rings (SSSR count). The fourth-order valence-electron chi connectivity index (χ4n) is 8.63. The summed E-state index contributed by atoms with van der Waals surface area (Å²) in [5.41, 5.74) is 5.38. The van der Waals surface area contributed by atoms with Gasteiger partial charge in [0, 0.05) is 19.4 Å². The molecule has 9 nitrogen and oxygen atoms in total. The van der Waals surface area contributed by atoms with Crippen LogP contribution in [0.1, 0.15) is 290 Å². The lowest BCUT2D eigenvalue weighted by atomic mass is 10.0. The van der Waals surface area contributed by atoms with Crippen LogP contribution >= 0.6 is 7.82 Å². The molecule has 0 amide bonds. The van der Waals surface area contributed by atoms with Crippen LogP contribution in [0.15, 0.2) is 48.6 Å². The second-order valence-electron chi connectivity index (χ2n) is 19.8. The second-order valence-corrected chi connectivity index (χ2v) is 21.3. The maximum Gasteiger partial charge on any atom is 0.472 e. The van der Waals surface area contributed by atoms with Crippen molar-refractivity contribution in [1.82, 2.24) is 0 Å². The van der Waals surface area contributed by atoms with E-state index in [0.29, 0.717) is 6.42 Å². The van der Waals surface area contributed by atoms with Crippen LogP contribution in [0.5, 0.6) is 0 Å². The summed E-state index contributed by atoms with van der Waals surface area (Å²) in [6.07, 6.45) is 68.8. The maximum atomic E-state index is 12.7. The number of rotatable bonds is 56. The number of unbranched alkanes of at least 4 members (excludes halogenated alkanes) is 35. The topological polar surface area (TPSA) is 134 Å². The molecular formula is C60H112NO8P. The van der Waals surface area contributed by atoms with E-state index in [1.165, 1.54) is 193 Å². The molecule has 0 bridgehead atoms. The first-order valence-corrected chi connectivity index (χ1v) is 31.1. The number of ether oxygens (including phenoxy) is 2. The molecule has 0 saturated carbocycles. The molecule has 0 aliphatic carbocycles. The van der Waals surface area contributed by atoms with E-state index in [9.17, 15) is 19.0 Å². The van der Waals surface area contributed by atoms with Crippen molar-refractivity contribution in [2.24, 2.45) is 5.73 Å². The number of carbonyl (C=O) groups is 2. The Morgan fingerprint density at radius 2 is 0.786 bits per heavy atom. The highest BCUT2D eigenvalue weighted by molar-refractivity contribution is 7.47. The van der Waals surface area contributed by atoms with Crippen molar-refractivity contribution in [3.05, 3.63) is 48.6 Å². The number of hydrogen-bond donors (Lipinski definition) is 2. The number of esters is 2. The van der Waals surface area contributed by atoms with Crippen LogP contribution in [-0.4, -0.2) is 49.3 Å². The van der Waals surface area contributed by atoms with Crippen LogP contribution < -0.4 is 5.73 Å². The number of phosphoric acid groups is 1. The first kappa shape index (κ1) is 68.0. The Hall–Kier alpha value is -2.03. The van der Waals surface area contributed by atoms with Gasteiger partial charge in [0.1, 0.15) is 6.61 Å². The Bertz CT molecular complexity index is 1280. The second kappa shape index (κ2) is 56.3. The number of hydrogen-bond acceptors (Lipinski definition) is 8. The number of phosphoric ester groups is 1. The van der Waals surface area contributed by atoms with Gasteiger partial charge in [-0.15, -0.1) is 0 Å². The summed E-state index contributed by atoms with van der Waals surface area (Å²) < 4.78 is 33.1. The normalized spacial score (nSPS) is 13.4. The maximum absolute atomic E-state index is 12.7. The number of allylic oxidation sites excluding steroid dienone is 8. The van der Waals surface area contributed by atoms with Gasteiger partial charge >= 0.3 is 19.8 Å². The van der Waals surface area contributed by atoms with E-state index in [-0.39, 0.29) is 38.6 Å². The van der Waals surface area contributed by atoms with E-state index >= 15 is 0 Å². The van der Waals surface area contributed by atoms with E-state index in [0.717, 1.165) is 64.2 Å². The lowest BCUT2D eigenvalue weighted by molar-refractivity contribution is -0.161. The lowest BCUT2D eigenvalue weighted by Crippen LogP contribution is -2.29. The summed E-state index contributed by atoms with van der Waals surface area (Å²) in [6.45, 7) is 3.68. The van der Waals surface area contributed by atoms with E-state index in [1.807, 2.05) is 0 Å². The Labute approximate surface area is 432 Å². The molecule has 2 unspecified atom stereocenters. The van der Waals surface area contributed by atoms with Gasteiger partial charge in [0.25, 0.3) is 0 Å². The Balaban J connectivity index is 3.91. The molecule has 0 aromatic heterocycles. The zero-order valence-corrected chi connectivity index (χ0v) is 46.7. The average Bonchev–Trinajstić information content (AvgIpc) is 3.35. The SMILES string of the molecule is CC/C=C\C/C=C\C/C=C\C/C=C\CCCCCCCCCCCCCCCCCCC(=O)OC(COC(=O)CCCCCCCCCCCCCCCCCCCCCC)COP(=O)(O)OCCN. The standard InChI is InChI=1S/C60H112NO8P/c1-3-5-7-9-11-13-15-17-19-21-23-25-26-27-28-29-30-31-32-33-35-37-39-41-43-45-47-49-51-53-60(63)69-58(57-68-70(64,65)67-55-54-61)56-66-59(62)52-50-48-46-44-42-40-38-36-34-24-22-20-18-16-14-12-10-8-6-4-2/h5,7,11,13,17,19,23,25,58H,3-4,6,8-10,12,14-16,18,20-22,24,26-57,61H2,1-2H3,(H,64,65)/b7-5-,13-11-,19-17-,25-23-. The molecule has 3 N–H and O–H groups in total. The molecule has 0 aromatic rings. The van der Waals surface area contributed by atoms with Crippen molar-refractivity contribution < 1.29 is 37.6 Å². The summed E-state index contributed by atoms with van der Waals surface area (Å²) in [7, 11) is -4.39. The van der Waals surface area contributed by atoms with Crippen molar-refractivity contribution in [3.63, 3.8) is 0 Å². The molecule has 0 spiro atoms. The third kappa shape index (κ3) is 55.3. The summed E-state index contributed by atoms with van der Waals surface area (Å²) in [5.74, 6) is -0.812. The quantitative estimate of drug-likeness (QED) is 0.0264. The third-order valence-corrected chi connectivity index (χ3v) is 14.0. The number of carbonyl (C=O) groups excluding carboxylic acids is 2. The van der Waals surface area contributed by atoms with E-state index in [4.69, 9.17) is 24.3 Å². The Kier molecular flexibility index (Phi) is 54.6. The molecule has 2 atom stereocenters. The van der Waals surface area contributed by atoms with Crippen molar-refractivity contribution in [1.29, 1.82) is 0 Å². The van der Waals surface area contributed by atoms with Crippen LogP contribution in [0, 0.1) is 0 Å². The van der Waals surface area contributed by atoms with Gasteiger partial charge in [-0.3, -0.25) is 18.6 Å². The van der Waals surface area contributed by atoms with Gasteiger partial charge in [0.15, 0.2) is 6.10 Å². The molecule has 410 valence electrons. The molecule has 0 fully saturated rings. The zero-order valence-electron chi connectivity index (χ0n) is 45.8. The van der Waals surface area contributed by atoms with Crippen LogP contribution in [0.25, 0.3) is 0 Å².